The first kappa shape index (κ1) is 18.4. The van der Waals surface area contributed by atoms with E-state index < -0.39 is 23.8 Å². The van der Waals surface area contributed by atoms with Crippen LogP contribution in [0.4, 0.5) is 11.4 Å². The van der Waals surface area contributed by atoms with E-state index >= 15 is 0 Å². The highest BCUT2D eigenvalue weighted by molar-refractivity contribution is 9.10. The van der Waals surface area contributed by atoms with Gasteiger partial charge in [0, 0.05) is 11.4 Å². The topological polar surface area (TPSA) is 79.3 Å². The molecule has 0 aliphatic carbocycles. The number of anilines is 2. The molecule has 2 amide bonds. The van der Waals surface area contributed by atoms with Crippen LogP contribution in [-0.4, -0.2) is 36.5 Å². The number of nitrogens with zero attached hydrogens (tertiary/aromatic N) is 3. The van der Waals surface area contributed by atoms with Gasteiger partial charge in [-0.25, -0.2) is 4.90 Å². The number of benzene rings is 2. The van der Waals surface area contributed by atoms with Crippen LogP contribution in [-0.2, 0) is 14.4 Å². The van der Waals surface area contributed by atoms with E-state index in [9.17, 15) is 14.4 Å². The number of hydrogen-bond acceptors (Lipinski definition) is 6. The minimum Gasteiger partial charge on any atom is -0.497 e. The van der Waals surface area contributed by atoms with E-state index in [2.05, 4.69) is 21.0 Å². The van der Waals surface area contributed by atoms with Crippen molar-refractivity contribution in [2.75, 3.05) is 17.0 Å². The Morgan fingerprint density at radius 2 is 1.61 bits per heavy atom. The molecule has 0 spiro atoms. The van der Waals surface area contributed by atoms with Crippen molar-refractivity contribution in [2.45, 2.75) is 13.0 Å². The van der Waals surface area contributed by atoms with Crippen LogP contribution in [0.5, 0.6) is 5.75 Å². The average Bonchev–Trinajstić information content (AvgIpc) is 3.20. The SMILES string of the molecule is COc1ccc(N2N=C(C(C)=O)[C@@H]3C(=O)N(c4ccc(Br)cc4)C(=O)[C@@H]32)cc1. The lowest BCUT2D eigenvalue weighted by atomic mass is 9.95. The highest BCUT2D eigenvalue weighted by atomic mass is 79.9. The van der Waals surface area contributed by atoms with Gasteiger partial charge in [-0.3, -0.25) is 19.4 Å². The third kappa shape index (κ3) is 2.80. The molecule has 0 unspecified atom stereocenters. The van der Waals surface area contributed by atoms with E-state index in [1.54, 1.807) is 55.6 Å². The summed E-state index contributed by atoms with van der Waals surface area (Å²) in [7, 11) is 1.56. The van der Waals surface area contributed by atoms with Gasteiger partial charge in [-0.05, 0) is 48.5 Å². The number of hydrazone groups is 1. The number of imide groups is 1. The molecule has 2 aliphatic rings. The van der Waals surface area contributed by atoms with Gasteiger partial charge in [-0.1, -0.05) is 15.9 Å². The highest BCUT2D eigenvalue weighted by Crippen LogP contribution is 2.38. The minimum absolute atomic E-state index is 0.0961. The van der Waals surface area contributed by atoms with E-state index in [1.165, 1.54) is 11.9 Å². The molecule has 2 aliphatic heterocycles. The van der Waals surface area contributed by atoms with Crippen LogP contribution in [0.1, 0.15) is 6.92 Å². The zero-order valence-corrected chi connectivity index (χ0v) is 16.7. The highest BCUT2D eigenvalue weighted by Gasteiger charge is 2.58. The summed E-state index contributed by atoms with van der Waals surface area (Å²) in [6, 6.07) is 12.9. The Bertz CT molecular complexity index is 1000. The van der Waals surface area contributed by atoms with Crippen LogP contribution in [0.15, 0.2) is 58.1 Å². The predicted molar refractivity (Wildman–Crippen MR) is 108 cm³/mol. The van der Waals surface area contributed by atoms with Gasteiger partial charge in [0.2, 0.25) is 5.91 Å². The van der Waals surface area contributed by atoms with Gasteiger partial charge in [0.05, 0.1) is 18.5 Å². The molecule has 2 aromatic carbocycles. The zero-order valence-electron chi connectivity index (χ0n) is 15.1. The van der Waals surface area contributed by atoms with Gasteiger partial charge in [-0.15, -0.1) is 0 Å². The number of hydrogen-bond donors (Lipinski definition) is 0. The second-order valence-corrected chi connectivity index (χ2v) is 7.41. The first-order valence-electron chi connectivity index (χ1n) is 8.58. The maximum atomic E-state index is 13.2. The summed E-state index contributed by atoms with van der Waals surface area (Å²) in [5, 5.41) is 5.78. The number of halogens is 1. The Morgan fingerprint density at radius 3 is 2.18 bits per heavy atom. The summed E-state index contributed by atoms with van der Waals surface area (Å²) in [4.78, 5) is 39.6. The second-order valence-electron chi connectivity index (χ2n) is 6.49. The molecule has 2 heterocycles. The van der Waals surface area contributed by atoms with E-state index in [-0.39, 0.29) is 11.5 Å². The molecule has 0 N–H and O–H groups in total. The third-order valence-corrected chi connectivity index (χ3v) is 5.36. The molecule has 0 aromatic heterocycles. The zero-order chi connectivity index (χ0) is 20.0. The fourth-order valence-corrected chi connectivity index (χ4v) is 3.76. The Labute approximate surface area is 169 Å². The summed E-state index contributed by atoms with van der Waals surface area (Å²) in [6.45, 7) is 1.35. The van der Waals surface area contributed by atoms with Gasteiger partial charge in [-0.2, -0.15) is 5.10 Å². The first-order chi connectivity index (χ1) is 13.4. The molecular weight excluding hydrogens is 426 g/mol. The van der Waals surface area contributed by atoms with E-state index in [1.807, 2.05) is 0 Å². The largest absolute Gasteiger partial charge is 0.497 e. The number of rotatable bonds is 4. The van der Waals surface area contributed by atoms with Crippen molar-refractivity contribution in [1.82, 2.24) is 0 Å². The standard InChI is InChI=1S/C20H16BrN3O4/c1-11(25)17-16-18(24(22-17)14-7-9-15(28-2)10-8-14)20(27)23(19(16)26)13-5-3-12(21)4-6-13/h3-10,16,18H,1-2H3/t16-,18+/m0/s1. The summed E-state index contributed by atoms with van der Waals surface area (Å²) < 4.78 is 5.99. The smallest absolute Gasteiger partial charge is 0.259 e. The van der Waals surface area contributed by atoms with Gasteiger partial charge in [0.25, 0.3) is 5.91 Å². The number of carbonyl (C=O) groups excluding carboxylic acids is 3. The number of methoxy groups -OCH3 is 1. The van der Waals surface area contributed by atoms with Crippen LogP contribution in [0, 0.1) is 5.92 Å². The Morgan fingerprint density at radius 1 is 1.00 bits per heavy atom. The lowest BCUT2D eigenvalue weighted by Gasteiger charge is -2.22. The number of ether oxygens (including phenoxy) is 1. The molecule has 0 saturated carbocycles. The van der Waals surface area contributed by atoms with Crippen molar-refractivity contribution in [3.05, 3.63) is 53.0 Å². The third-order valence-electron chi connectivity index (χ3n) is 4.83. The van der Waals surface area contributed by atoms with Gasteiger partial charge >= 0.3 is 0 Å². The van der Waals surface area contributed by atoms with Gasteiger partial charge < -0.3 is 4.74 Å². The van der Waals surface area contributed by atoms with E-state index in [0.29, 0.717) is 17.1 Å². The Hall–Kier alpha value is -3.00. The molecule has 0 radical (unpaired) electrons. The summed E-state index contributed by atoms with van der Waals surface area (Å²) in [6.07, 6.45) is 0. The van der Waals surface area contributed by atoms with Crippen molar-refractivity contribution in [3.63, 3.8) is 0 Å². The predicted octanol–water partition coefficient (Wildman–Crippen LogP) is 2.78. The molecule has 28 heavy (non-hydrogen) atoms. The molecular formula is C20H16BrN3O4. The molecule has 142 valence electrons. The van der Waals surface area contributed by atoms with Gasteiger partial charge in [0.15, 0.2) is 5.78 Å². The lowest BCUT2D eigenvalue weighted by Crippen LogP contribution is -2.39. The Kier molecular flexibility index (Phi) is 4.50. The second kappa shape index (κ2) is 6.87. The quantitative estimate of drug-likeness (QED) is 0.681. The average molecular weight is 442 g/mol. The fourth-order valence-electron chi connectivity index (χ4n) is 3.50. The fraction of sp³-hybridized carbons (Fsp3) is 0.200. The van der Waals surface area contributed by atoms with Crippen molar-refractivity contribution < 1.29 is 19.1 Å². The molecule has 1 saturated heterocycles. The van der Waals surface area contributed by atoms with Crippen LogP contribution < -0.4 is 14.6 Å². The maximum absolute atomic E-state index is 13.2. The molecule has 2 atom stereocenters. The van der Waals surface area contributed by atoms with Crippen LogP contribution in [0.3, 0.4) is 0 Å². The van der Waals surface area contributed by atoms with E-state index in [4.69, 9.17) is 4.74 Å². The van der Waals surface area contributed by atoms with Crippen LogP contribution in [0.25, 0.3) is 0 Å². The monoisotopic (exact) mass is 441 g/mol. The summed E-state index contributed by atoms with van der Waals surface area (Å²) in [5.74, 6) is -1.45. The number of carbonyl (C=O) groups is 3. The molecule has 4 rings (SSSR count). The van der Waals surface area contributed by atoms with Gasteiger partial charge in [0.1, 0.15) is 23.4 Å². The maximum Gasteiger partial charge on any atom is 0.259 e. The van der Waals surface area contributed by atoms with Crippen LogP contribution in [0.2, 0.25) is 0 Å². The lowest BCUT2D eigenvalue weighted by molar-refractivity contribution is -0.122. The van der Waals surface area contributed by atoms with Crippen molar-refractivity contribution in [2.24, 2.45) is 11.0 Å². The molecule has 8 heteroatoms. The van der Waals surface area contributed by atoms with Crippen molar-refractivity contribution >= 4 is 50.6 Å². The number of Topliss-reactive ketones (excluding diaryl/α,β-unsaturated/α-hetero) is 1. The first-order valence-corrected chi connectivity index (χ1v) is 9.38. The number of fused-ring (bicyclic) bond motifs is 1. The molecule has 7 nitrogen and oxygen atoms in total. The molecule has 1 fully saturated rings. The van der Waals surface area contributed by atoms with Crippen LogP contribution >= 0.6 is 15.9 Å². The minimum atomic E-state index is -0.921. The molecule has 0 bridgehead atoms. The number of ketones is 1. The van der Waals surface area contributed by atoms with Crippen molar-refractivity contribution in [1.29, 1.82) is 0 Å². The normalized spacial score (nSPS) is 21.0. The molecule has 2 aromatic rings. The van der Waals surface area contributed by atoms with E-state index in [0.717, 1.165) is 9.37 Å². The Balaban J connectivity index is 1.77. The summed E-state index contributed by atoms with van der Waals surface area (Å²) >= 11 is 3.34. The van der Waals surface area contributed by atoms with Crippen molar-refractivity contribution in [3.8, 4) is 5.75 Å². The summed E-state index contributed by atoms with van der Waals surface area (Å²) in [5.41, 5.74) is 1.16. The number of amides is 2.